The Bertz CT molecular complexity index is 549. The fraction of sp³-hybridized carbons (Fsp3) is 0.429. The van der Waals surface area contributed by atoms with Gasteiger partial charge in [-0.15, -0.1) is 0 Å². The van der Waals surface area contributed by atoms with Gasteiger partial charge in [-0.3, -0.25) is 4.79 Å². The molecule has 1 atom stereocenters. The van der Waals surface area contributed by atoms with Crippen molar-refractivity contribution in [3.8, 4) is 5.75 Å². The lowest BCUT2D eigenvalue weighted by atomic mass is 10.1. The van der Waals surface area contributed by atoms with E-state index in [0.29, 0.717) is 24.4 Å². The standard InChI is InChI=1S/C14H16N2O3S/c1-19-12-4-2-3-10(7-12)16-13(17)8-11-9-20-6-5-15(11)14(16)18/h2-4,7,11H,5-6,8-9H2,1H3. The first kappa shape index (κ1) is 13.3. The van der Waals surface area contributed by atoms with Gasteiger partial charge in [0.2, 0.25) is 5.91 Å². The topological polar surface area (TPSA) is 49.9 Å². The number of carbonyl (C=O) groups is 2. The molecule has 2 aliphatic heterocycles. The van der Waals surface area contributed by atoms with E-state index in [4.69, 9.17) is 4.74 Å². The van der Waals surface area contributed by atoms with Crippen LogP contribution >= 0.6 is 11.8 Å². The van der Waals surface area contributed by atoms with Gasteiger partial charge in [0.15, 0.2) is 0 Å². The lowest BCUT2D eigenvalue weighted by Crippen LogP contribution is -2.59. The predicted octanol–water partition coefficient (Wildman–Crippen LogP) is 1.97. The predicted molar refractivity (Wildman–Crippen MR) is 78.3 cm³/mol. The number of rotatable bonds is 2. The molecule has 0 aromatic heterocycles. The van der Waals surface area contributed by atoms with E-state index in [1.165, 1.54) is 4.90 Å². The number of hydrogen-bond acceptors (Lipinski definition) is 4. The first-order valence-electron chi connectivity index (χ1n) is 6.56. The van der Waals surface area contributed by atoms with Crippen LogP contribution in [0.15, 0.2) is 24.3 Å². The second kappa shape index (κ2) is 5.36. The molecule has 0 saturated carbocycles. The fourth-order valence-corrected chi connectivity index (χ4v) is 3.67. The molecule has 20 heavy (non-hydrogen) atoms. The van der Waals surface area contributed by atoms with Crippen LogP contribution in [0.3, 0.4) is 0 Å². The van der Waals surface area contributed by atoms with Gasteiger partial charge in [-0.2, -0.15) is 11.8 Å². The van der Waals surface area contributed by atoms with E-state index < -0.39 is 0 Å². The molecule has 2 saturated heterocycles. The molecular formula is C14H16N2O3S. The van der Waals surface area contributed by atoms with Crippen LogP contribution in [0.5, 0.6) is 5.75 Å². The summed E-state index contributed by atoms with van der Waals surface area (Å²) in [5, 5.41) is 0. The van der Waals surface area contributed by atoms with Crippen LogP contribution in [0.1, 0.15) is 6.42 Å². The van der Waals surface area contributed by atoms with E-state index in [1.807, 2.05) is 4.90 Å². The lowest BCUT2D eigenvalue weighted by Gasteiger charge is -2.42. The van der Waals surface area contributed by atoms with Crippen LogP contribution in [0.25, 0.3) is 0 Å². The molecule has 2 heterocycles. The maximum Gasteiger partial charge on any atom is 0.331 e. The Balaban J connectivity index is 1.91. The van der Waals surface area contributed by atoms with Crippen LogP contribution < -0.4 is 9.64 Å². The summed E-state index contributed by atoms with van der Waals surface area (Å²) in [7, 11) is 1.57. The van der Waals surface area contributed by atoms with Gasteiger partial charge >= 0.3 is 6.03 Å². The number of urea groups is 1. The summed E-state index contributed by atoms with van der Waals surface area (Å²) in [6.45, 7) is 0.710. The molecule has 0 N–H and O–H groups in total. The number of imide groups is 1. The van der Waals surface area contributed by atoms with E-state index in [2.05, 4.69) is 0 Å². The second-order valence-electron chi connectivity index (χ2n) is 4.84. The number of carbonyl (C=O) groups excluding carboxylic acids is 2. The third kappa shape index (κ3) is 2.24. The van der Waals surface area contributed by atoms with Crippen LogP contribution in [-0.4, -0.2) is 48.0 Å². The molecule has 0 aliphatic carbocycles. The summed E-state index contributed by atoms with van der Waals surface area (Å²) < 4.78 is 5.16. The number of ether oxygens (including phenoxy) is 1. The molecule has 0 bridgehead atoms. The van der Waals surface area contributed by atoms with E-state index in [0.717, 1.165) is 11.5 Å². The van der Waals surface area contributed by atoms with Crippen molar-refractivity contribution in [3.63, 3.8) is 0 Å². The number of anilines is 1. The molecular weight excluding hydrogens is 276 g/mol. The average molecular weight is 292 g/mol. The highest BCUT2D eigenvalue weighted by atomic mass is 32.2. The fourth-order valence-electron chi connectivity index (χ4n) is 2.61. The third-order valence-electron chi connectivity index (χ3n) is 3.64. The zero-order valence-corrected chi connectivity index (χ0v) is 12.1. The Morgan fingerprint density at radius 2 is 2.20 bits per heavy atom. The Morgan fingerprint density at radius 1 is 1.35 bits per heavy atom. The van der Waals surface area contributed by atoms with Gasteiger partial charge in [0.05, 0.1) is 18.8 Å². The zero-order chi connectivity index (χ0) is 14.1. The molecule has 3 amide bonds. The molecule has 1 unspecified atom stereocenters. The van der Waals surface area contributed by atoms with Crippen LogP contribution in [0.4, 0.5) is 10.5 Å². The number of hydrogen-bond donors (Lipinski definition) is 0. The number of benzene rings is 1. The largest absolute Gasteiger partial charge is 0.497 e. The number of fused-ring (bicyclic) bond motifs is 1. The maximum atomic E-state index is 12.6. The highest BCUT2D eigenvalue weighted by molar-refractivity contribution is 7.99. The summed E-state index contributed by atoms with van der Waals surface area (Å²) in [6.07, 6.45) is 0.399. The van der Waals surface area contributed by atoms with Gasteiger partial charge in [-0.05, 0) is 12.1 Å². The van der Waals surface area contributed by atoms with Crippen molar-refractivity contribution in [2.75, 3.05) is 30.1 Å². The van der Waals surface area contributed by atoms with Crippen molar-refractivity contribution < 1.29 is 14.3 Å². The lowest BCUT2D eigenvalue weighted by molar-refractivity contribution is -0.120. The summed E-state index contributed by atoms with van der Waals surface area (Å²) in [5.41, 5.74) is 0.580. The van der Waals surface area contributed by atoms with E-state index >= 15 is 0 Å². The first-order valence-corrected chi connectivity index (χ1v) is 7.71. The van der Waals surface area contributed by atoms with Crippen molar-refractivity contribution in [2.24, 2.45) is 0 Å². The molecule has 1 aromatic carbocycles. The molecule has 5 nitrogen and oxygen atoms in total. The van der Waals surface area contributed by atoms with Crippen LogP contribution in [-0.2, 0) is 4.79 Å². The van der Waals surface area contributed by atoms with Crippen molar-refractivity contribution in [3.05, 3.63) is 24.3 Å². The molecule has 2 fully saturated rings. The quantitative estimate of drug-likeness (QED) is 0.836. The Labute approximate surface area is 121 Å². The molecule has 1 aromatic rings. The summed E-state index contributed by atoms with van der Waals surface area (Å²) in [5.74, 6) is 2.29. The zero-order valence-electron chi connectivity index (χ0n) is 11.2. The molecule has 0 spiro atoms. The van der Waals surface area contributed by atoms with Gasteiger partial charge in [0.25, 0.3) is 0 Å². The number of nitrogens with zero attached hydrogens (tertiary/aromatic N) is 2. The minimum Gasteiger partial charge on any atom is -0.497 e. The smallest absolute Gasteiger partial charge is 0.331 e. The minimum atomic E-state index is -0.209. The van der Waals surface area contributed by atoms with Gasteiger partial charge in [-0.25, -0.2) is 9.69 Å². The molecule has 106 valence electrons. The molecule has 3 rings (SSSR count). The number of thioether (sulfide) groups is 1. The van der Waals surface area contributed by atoms with Crippen molar-refractivity contribution in [1.29, 1.82) is 0 Å². The first-order chi connectivity index (χ1) is 9.70. The highest BCUT2D eigenvalue weighted by Gasteiger charge is 2.40. The van der Waals surface area contributed by atoms with E-state index in [-0.39, 0.29) is 18.0 Å². The number of methoxy groups -OCH3 is 1. The van der Waals surface area contributed by atoms with Crippen LogP contribution in [0, 0.1) is 0 Å². The Morgan fingerprint density at radius 3 is 3.00 bits per heavy atom. The van der Waals surface area contributed by atoms with Gasteiger partial charge in [0.1, 0.15) is 5.75 Å². The summed E-state index contributed by atoms with van der Waals surface area (Å²) >= 11 is 1.80. The van der Waals surface area contributed by atoms with Crippen molar-refractivity contribution in [1.82, 2.24) is 4.90 Å². The van der Waals surface area contributed by atoms with Crippen molar-refractivity contribution >= 4 is 29.4 Å². The Kier molecular flexibility index (Phi) is 3.56. The average Bonchev–Trinajstić information content (AvgIpc) is 2.47. The third-order valence-corrected chi connectivity index (χ3v) is 4.73. The molecule has 6 heteroatoms. The Hall–Kier alpha value is -1.69. The molecule has 2 aliphatic rings. The summed E-state index contributed by atoms with van der Waals surface area (Å²) in [4.78, 5) is 27.9. The monoisotopic (exact) mass is 292 g/mol. The van der Waals surface area contributed by atoms with Crippen molar-refractivity contribution in [2.45, 2.75) is 12.5 Å². The number of amides is 3. The van der Waals surface area contributed by atoms with Gasteiger partial charge < -0.3 is 9.64 Å². The normalized spacial score (nSPS) is 22.8. The summed E-state index contributed by atoms with van der Waals surface area (Å²) in [6, 6.07) is 6.90. The van der Waals surface area contributed by atoms with Gasteiger partial charge in [-0.1, -0.05) is 6.07 Å². The molecule has 0 radical (unpaired) electrons. The minimum absolute atomic E-state index is 0.0515. The highest BCUT2D eigenvalue weighted by Crippen LogP contribution is 2.30. The SMILES string of the molecule is COc1cccc(N2C(=O)CC3CSCCN3C2=O)c1. The second-order valence-corrected chi connectivity index (χ2v) is 5.99. The van der Waals surface area contributed by atoms with E-state index in [9.17, 15) is 9.59 Å². The maximum absolute atomic E-state index is 12.6. The van der Waals surface area contributed by atoms with Crippen LogP contribution in [0.2, 0.25) is 0 Å². The van der Waals surface area contributed by atoms with Gasteiger partial charge in [0, 0.05) is 30.5 Å². The van der Waals surface area contributed by atoms with E-state index in [1.54, 1.807) is 43.1 Å².